The van der Waals surface area contributed by atoms with Crippen molar-refractivity contribution < 1.29 is 18.4 Å². The van der Waals surface area contributed by atoms with Crippen LogP contribution in [0.2, 0.25) is 0 Å². The van der Waals surface area contributed by atoms with E-state index in [2.05, 4.69) is 0 Å². The Morgan fingerprint density at radius 3 is 2.61 bits per heavy atom. The van der Waals surface area contributed by atoms with Gasteiger partial charge < -0.3 is 9.80 Å². The van der Waals surface area contributed by atoms with Gasteiger partial charge in [-0.05, 0) is 55.7 Å². The Labute approximate surface area is 164 Å². The molecule has 0 N–H and O–H groups in total. The van der Waals surface area contributed by atoms with E-state index in [-0.39, 0.29) is 18.4 Å². The number of hydrogen-bond acceptors (Lipinski definition) is 2. The number of hydrogen-bond donors (Lipinski definition) is 0. The Hall–Kier alpha value is -1.98. The van der Waals surface area contributed by atoms with Crippen molar-refractivity contribution >= 4 is 11.8 Å². The Bertz CT molecular complexity index is 763. The molecule has 0 unspecified atom stereocenters. The minimum Gasteiger partial charge on any atom is -0.342 e. The molecule has 1 saturated carbocycles. The van der Waals surface area contributed by atoms with Crippen molar-refractivity contribution in [2.45, 2.75) is 57.9 Å². The molecule has 3 fully saturated rings. The molecule has 1 spiro atoms. The highest BCUT2D eigenvalue weighted by molar-refractivity contribution is 5.86. The summed E-state index contributed by atoms with van der Waals surface area (Å²) in [4.78, 5) is 29.6. The number of piperidine rings is 1. The fraction of sp³-hybridized carbons (Fsp3) is 0.636. The van der Waals surface area contributed by atoms with E-state index in [1.54, 1.807) is 4.90 Å². The number of nitrogens with zero attached hydrogens (tertiary/aromatic N) is 2. The predicted molar refractivity (Wildman–Crippen MR) is 101 cm³/mol. The van der Waals surface area contributed by atoms with Crippen LogP contribution in [0.1, 0.15) is 56.9 Å². The third-order valence-corrected chi connectivity index (χ3v) is 6.83. The maximum atomic E-state index is 13.5. The van der Waals surface area contributed by atoms with E-state index >= 15 is 0 Å². The smallest absolute Gasteiger partial charge is 0.230 e. The molecule has 1 atom stereocenters. The van der Waals surface area contributed by atoms with Crippen molar-refractivity contribution in [2.75, 3.05) is 19.6 Å². The van der Waals surface area contributed by atoms with E-state index in [1.807, 2.05) is 4.90 Å². The number of halogens is 2. The zero-order chi connectivity index (χ0) is 19.7. The van der Waals surface area contributed by atoms with Crippen molar-refractivity contribution in [3.05, 3.63) is 35.4 Å². The number of likely N-dealkylation sites (tertiary alicyclic amines) is 2. The summed E-state index contributed by atoms with van der Waals surface area (Å²) in [6.07, 6.45) is 7.72. The van der Waals surface area contributed by atoms with Crippen LogP contribution in [0.25, 0.3) is 0 Å². The number of carbonyl (C=O) groups is 2. The average Bonchev–Trinajstić information content (AvgIpc) is 3.33. The lowest BCUT2D eigenvalue weighted by atomic mass is 9.78. The monoisotopic (exact) mass is 390 g/mol. The summed E-state index contributed by atoms with van der Waals surface area (Å²) in [5, 5.41) is 0. The zero-order valence-electron chi connectivity index (χ0n) is 16.3. The van der Waals surface area contributed by atoms with E-state index in [0.29, 0.717) is 44.0 Å². The van der Waals surface area contributed by atoms with Crippen LogP contribution in [-0.4, -0.2) is 41.2 Å². The molecular formula is C22H28F2N2O2. The number of amides is 2. The third-order valence-electron chi connectivity index (χ3n) is 6.83. The van der Waals surface area contributed by atoms with Crippen LogP contribution in [0, 0.1) is 23.0 Å². The minimum atomic E-state index is -0.888. The largest absolute Gasteiger partial charge is 0.342 e. The van der Waals surface area contributed by atoms with Crippen molar-refractivity contribution in [3.8, 4) is 0 Å². The summed E-state index contributed by atoms with van der Waals surface area (Å²) in [6, 6.07) is 3.79. The van der Waals surface area contributed by atoms with E-state index in [1.165, 1.54) is 18.9 Å². The van der Waals surface area contributed by atoms with E-state index in [4.69, 9.17) is 0 Å². The number of rotatable bonds is 4. The van der Waals surface area contributed by atoms with Gasteiger partial charge in [-0.1, -0.05) is 18.9 Å². The first-order valence-corrected chi connectivity index (χ1v) is 10.5. The molecule has 28 heavy (non-hydrogen) atoms. The molecule has 152 valence electrons. The van der Waals surface area contributed by atoms with Crippen molar-refractivity contribution in [1.82, 2.24) is 9.80 Å². The van der Waals surface area contributed by atoms with Crippen LogP contribution in [0.4, 0.5) is 8.78 Å². The van der Waals surface area contributed by atoms with Gasteiger partial charge in [0.1, 0.15) is 0 Å². The lowest BCUT2D eigenvalue weighted by molar-refractivity contribution is -0.146. The Morgan fingerprint density at radius 1 is 1.07 bits per heavy atom. The number of benzene rings is 1. The highest BCUT2D eigenvalue weighted by Gasteiger charge is 2.49. The summed E-state index contributed by atoms with van der Waals surface area (Å²) in [6.45, 7) is 2.06. The van der Waals surface area contributed by atoms with Gasteiger partial charge in [-0.25, -0.2) is 8.78 Å². The van der Waals surface area contributed by atoms with Crippen LogP contribution in [0.3, 0.4) is 0 Å². The molecular weight excluding hydrogens is 362 g/mol. The molecule has 4 nitrogen and oxygen atoms in total. The first-order valence-electron chi connectivity index (χ1n) is 10.5. The minimum absolute atomic E-state index is 0.0552. The van der Waals surface area contributed by atoms with E-state index in [9.17, 15) is 18.4 Å². The van der Waals surface area contributed by atoms with Gasteiger partial charge in [0.05, 0.1) is 5.41 Å². The van der Waals surface area contributed by atoms with Crippen LogP contribution in [0.5, 0.6) is 0 Å². The second-order valence-electron chi connectivity index (χ2n) is 8.78. The molecule has 6 heteroatoms. The standard InChI is InChI=1S/C22H28F2N2O2/c23-18-7-6-17(12-19(18)24)14-25-10-3-8-22(21(25)28)9-11-26(15-22)20(27)13-16-4-1-2-5-16/h6-7,12,16H,1-5,8-11,13-15H2/t22-/m1/s1. The predicted octanol–water partition coefficient (Wildman–Crippen LogP) is 3.89. The highest BCUT2D eigenvalue weighted by Crippen LogP contribution is 2.41. The highest BCUT2D eigenvalue weighted by atomic mass is 19.2. The molecule has 4 rings (SSSR count). The summed E-state index contributed by atoms with van der Waals surface area (Å²) in [5.74, 6) is -1.01. The first-order chi connectivity index (χ1) is 13.5. The average molecular weight is 390 g/mol. The maximum absolute atomic E-state index is 13.5. The molecule has 1 aliphatic carbocycles. The van der Waals surface area contributed by atoms with Gasteiger partial charge in [0.15, 0.2) is 11.6 Å². The maximum Gasteiger partial charge on any atom is 0.230 e. The quantitative estimate of drug-likeness (QED) is 0.783. The van der Waals surface area contributed by atoms with Crippen LogP contribution >= 0.6 is 0 Å². The van der Waals surface area contributed by atoms with E-state index < -0.39 is 17.0 Å². The van der Waals surface area contributed by atoms with Gasteiger partial charge in [-0.15, -0.1) is 0 Å². The van der Waals surface area contributed by atoms with Crippen LogP contribution < -0.4 is 0 Å². The van der Waals surface area contributed by atoms with Gasteiger partial charge in [-0.2, -0.15) is 0 Å². The third kappa shape index (κ3) is 3.78. The second-order valence-corrected chi connectivity index (χ2v) is 8.78. The van der Waals surface area contributed by atoms with Gasteiger partial charge in [0, 0.05) is 32.6 Å². The summed E-state index contributed by atoms with van der Waals surface area (Å²) in [5.41, 5.74) is 0.0961. The van der Waals surface area contributed by atoms with Crippen molar-refractivity contribution in [2.24, 2.45) is 11.3 Å². The SMILES string of the molecule is O=C(CC1CCCC1)N1CC[C@]2(CCCN(Cc3ccc(F)c(F)c3)C2=O)C1. The lowest BCUT2D eigenvalue weighted by Gasteiger charge is -2.39. The Balaban J connectivity index is 1.40. The van der Waals surface area contributed by atoms with Gasteiger partial charge in [-0.3, -0.25) is 9.59 Å². The Morgan fingerprint density at radius 2 is 1.86 bits per heavy atom. The topological polar surface area (TPSA) is 40.6 Å². The molecule has 1 aromatic rings. The Kier molecular flexibility index (Phi) is 5.39. The van der Waals surface area contributed by atoms with Crippen LogP contribution in [-0.2, 0) is 16.1 Å². The van der Waals surface area contributed by atoms with Gasteiger partial charge in [0.2, 0.25) is 11.8 Å². The fourth-order valence-corrected chi connectivity index (χ4v) is 5.22. The molecule has 1 aromatic carbocycles. The normalized spacial score (nSPS) is 25.9. The second kappa shape index (κ2) is 7.80. The lowest BCUT2D eigenvalue weighted by Crippen LogP contribution is -2.50. The molecule has 0 bridgehead atoms. The molecule has 2 aliphatic heterocycles. The van der Waals surface area contributed by atoms with Crippen molar-refractivity contribution in [3.63, 3.8) is 0 Å². The molecule has 2 heterocycles. The molecule has 3 aliphatic rings. The zero-order valence-corrected chi connectivity index (χ0v) is 16.3. The van der Waals surface area contributed by atoms with Crippen LogP contribution in [0.15, 0.2) is 18.2 Å². The summed E-state index contributed by atoms with van der Waals surface area (Å²) in [7, 11) is 0. The number of carbonyl (C=O) groups excluding carboxylic acids is 2. The summed E-state index contributed by atoms with van der Waals surface area (Å²) >= 11 is 0. The summed E-state index contributed by atoms with van der Waals surface area (Å²) < 4.78 is 26.7. The van der Waals surface area contributed by atoms with Gasteiger partial charge in [0.25, 0.3) is 0 Å². The molecule has 0 radical (unpaired) electrons. The molecule has 2 amide bonds. The fourth-order valence-electron chi connectivity index (χ4n) is 5.22. The van der Waals surface area contributed by atoms with Crippen molar-refractivity contribution in [1.29, 1.82) is 0 Å². The first kappa shape index (κ1) is 19.3. The molecule has 2 saturated heterocycles. The molecule has 0 aromatic heterocycles. The van der Waals surface area contributed by atoms with E-state index in [0.717, 1.165) is 37.8 Å². The van der Waals surface area contributed by atoms with Gasteiger partial charge >= 0.3 is 0 Å².